The molecule has 0 aromatic heterocycles. The van der Waals surface area contributed by atoms with Crippen molar-refractivity contribution in [2.75, 3.05) is 45.2 Å². The molecule has 1 atom stereocenters. The Bertz CT molecular complexity index is 695. The summed E-state index contributed by atoms with van der Waals surface area (Å²) in [4.78, 5) is 21.0. The number of nitrogens with zero attached hydrogens (tertiary/aromatic N) is 3. The maximum absolute atomic E-state index is 12.1. The van der Waals surface area contributed by atoms with Crippen LogP contribution in [-0.2, 0) is 22.5 Å². The average Bonchev–Trinajstić information content (AvgIpc) is 2.69. The molecule has 0 bridgehead atoms. The van der Waals surface area contributed by atoms with E-state index in [2.05, 4.69) is 45.4 Å². The number of benzene rings is 1. The molecule has 2 aliphatic rings. The zero-order chi connectivity index (χ0) is 19.2. The molecule has 156 valence electrons. The van der Waals surface area contributed by atoms with Crippen molar-refractivity contribution < 1.29 is 9.53 Å². The Hall–Kier alpha value is -1.51. The lowest BCUT2D eigenvalue weighted by molar-refractivity contribution is -0.149. The minimum absolute atomic E-state index is 0. The molecule has 1 fully saturated rings. The van der Waals surface area contributed by atoms with E-state index in [0.29, 0.717) is 13.2 Å². The van der Waals surface area contributed by atoms with Gasteiger partial charge in [0.05, 0.1) is 12.5 Å². The van der Waals surface area contributed by atoms with Crippen LogP contribution in [0.4, 0.5) is 5.69 Å². The fourth-order valence-corrected chi connectivity index (χ4v) is 4.08. The highest BCUT2D eigenvalue weighted by Gasteiger charge is 2.28. The number of aliphatic imine (C=N–C) groups is 1. The van der Waals surface area contributed by atoms with Crippen molar-refractivity contribution in [3.63, 3.8) is 0 Å². The highest BCUT2D eigenvalue weighted by molar-refractivity contribution is 14.0. The molecule has 1 unspecified atom stereocenters. The number of carbonyl (C=O) groups is 1. The lowest BCUT2D eigenvalue weighted by Crippen LogP contribution is -2.48. The van der Waals surface area contributed by atoms with Gasteiger partial charge in [0.1, 0.15) is 0 Å². The van der Waals surface area contributed by atoms with E-state index in [0.717, 1.165) is 44.9 Å². The molecule has 3 rings (SSSR count). The molecule has 2 aliphatic heterocycles. The van der Waals surface area contributed by atoms with E-state index in [1.807, 2.05) is 6.92 Å². The third-order valence-corrected chi connectivity index (χ3v) is 5.50. The highest BCUT2D eigenvalue weighted by Crippen LogP contribution is 2.26. The summed E-state index contributed by atoms with van der Waals surface area (Å²) in [5.41, 5.74) is 4.05. The second-order valence-corrected chi connectivity index (χ2v) is 7.43. The van der Waals surface area contributed by atoms with Gasteiger partial charge in [0.25, 0.3) is 0 Å². The summed E-state index contributed by atoms with van der Waals surface area (Å²) in [7, 11) is 3.96. The van der Waals surface area contributed by atoms with E-state index >= 15 is 0 Å². The van der Waals surface area contributed by atoms with Gasteiger partial charge in [-0.25, -0.2) is 0 Å². The number of anilines is 1. The molecule has 0 aliphatic carbocycles. The van der Waals surface area contributed by atoms with Crippen LogP contribution in [0, 0.1) is 5.92 Å². The van der Waals surface area contributed by atoms with E-state index in [1.165, 1.54) is 23.2 Å². The van der Waals surface area contributed by atoms with Gasteiger partial charge in [-0.3, -0.25) is 9.79 Å². The van der Waals surface area contributed by atoms with Gasteiger partial charge in [-0.1, -0.05) is 12.1 Å². The van der Waals surface area contributed by atoms with Crippen LogP contribution >= 0.6 is 24.0 Å². The van der Waals surface area contributed by atoms with E-state index in [4.69, 9.17) is 4.74 Å². The normalized spacial score (nSPS) is 19.5. The number of carbonyl (C=O) groups excluding carboxylic acids is 1. The van der Waals surface area contributed by atoms with E-state index in [9.17, 15) is 4.79 Å². The number of esters is 1. The highest BCUT2D eigenvalue weighted by atomic mass is 127. The van der Waals surface area contributed by atoms with E-state index in [1.54, 1.807) is 7.05 Å². The summed E-state index contributed by atoms with van der Waals surface area (Å²) in [5.74, 6) is 0.715. The Morgan fingerprint density at radius 3 is 2.89 bits per heavy atom. The van der Waals surface area contributed by atoms with Crippen LogP contribution in [0.5, 0.6) is 0 Å². The molecule has 28 heavy (non-hydrogen) atoms. The van der Waals surface area contributed by atoms with Gasteiger partial charge in [0.15, 0.2) is 5.96 Å². The summed E-state index contributed by atoms with van der Waals surface area (Å²) in [5, 5.41) is 3.48. The minimum Gasteiger partial charge on any atom is -0.466 e. The second kappa shape index (κ2) is 10.9. The number of likely N-dealkylation sites (tertiary alicyclic amines) is 1. The molecule has 7 heteroatoms. The SMILES string of the molecule is CCOC(=O)C1CCCN(C(=NC)NCc2ccc3c(c2)CCCN3C)C1.I. The van der Waals surface area contributed by atoms with Crippen LogP contribution < -0.4 is 10.2 Å². The standard InChI is InChI=1S/C21H32N4O2.HI/c1-4-27-20(26)18-8-6-12-25(15-18)21(22-2)23-14-16-9-10-19-17(13-16)7-5-11-24(19)3;/h9-10,13,18H,4-8,11-12,14-15H2,1-3H3,(H,22,23);1H. The van der Waals surface area contributed by atoms with Crippen molar-refractivity contribution in [1.82, 2.24) is 10.2 Å². The van der Waals surface area contributed by atoms with Crippen molar-refractivity contribution in [3.8, 4) is 0 Å². The van der Waals surface area contributed by atoms with E-state index < -0.39 is 0 Å². The zero-order valence-electron chi connectivity index (χ0n) is 17.2. The van der Waals surface area contributed by atoms with Crippen LogP contribution in [0.15, 0.2) is 23.2 Å². The molecule has 1 saturated heterocycles. The number of rotatable bonds is 4. The third-order valence-electron chi connectivity index (χ3n) is 5.50. The fraction of sp³-hybridized carbons (Fsp3) is 0.619. The molecular weight excluding hydrogens is 467 g/mol. The zero-order valence-corrected chi connectivity index (χ0v) is 19.6. The Balaban J connectivity index is 0.00000280. The molecule has 0 amide bonds. The molecule has 6 nitrogen and oxygen atoms in total. The molecule has 1 N–H and O–H groups in total. The van der Waals surface area contributed by atoms with Gasteiger partial charge >= 0.3 is 5.97 Å². The first kappa shape index (κ1) is 22.8. The summed E-state index contributed by atoms with van der Waals surface area (Å²) >= 11 is 0. The maximum atomic E-state index is 12.1. The van der Waals surface area contributed by atoms with Crippen molar-refractivity contribution in [1.29, 1.82) is 0 Å². The molecule has 0 saturated carbocycles. The predicted molar refractivity (Wildman–Crippen MR) is 125 cm³/mol. The second-order valence-electron chi connectivity index (χ2n) is 7.43. The van der Waals surface area contributed by atoms with E-state index in [-0.39, 0.29) is 35.9 Å². The first-order valence-corrected chi connectivity index (χ1v) is 10.1. The average molecular weight is 500 g/mol. The fourth-order valence-electron chi connectivity index (χ4n) is 4.08. The number of piperidine rings is 1. The van der Waals surface area contributed by atoms with Crippen molar-refractivity contribution in [3.05, 3.63) is 29.3 Å². The Labute approximate surface area is 185 Å². The van der Waals surface area contributed by atoms with Gasteiger partial charge in [-0.15, -0.1) is 24.0 Å². The number of nitrogens with one attached hydrogen (secondary N) is 1. The summed E-state index contributed by atoms with van der Waals surface area (Å²) in [6.45, 7) is 5.77. The quantitative estimate of drug-likeness (QED) is 0.298. The number of ether oxygens (including phenoxy) is 1. The number of hydrogen-bond donors (Lipinski definition) is 1. The van der Waals surface area contributed by atoms with Crippen LogP contribution in [0.1, 0.15) is 37.3 Å². The topological polar surface area (TPSA) is 57.2 Å². The van der Waals surface area contributed by atoms with Crippen molar-refractivity contribution >= 4 is 41.6 Å². The summed E-state index contributed by atoms with van der Waals surface area (Å²) in [6, 6.07) is 6.73. The molecule has 0 radical (unpaired) electrons. The smallest absolute Gasteiger partial charge is 0.310 e. The van der Waals surface area contributed by atoms with Crippen LogP contribution in [0.3, 0.4) is 0 Å². The van der Waals surface area contributed by atoms with Gasteiger partial charge in [0, 0.05) is 46.0 Å². The van der Waals surface area contributed by atoms with Crippen molar-refractivity contribution in [2.45, 2.75) is 39.2 Å². The first-order chi connectivity index (χ1) is 13.1. The van der Waals surface area contributed by atoms with Gasteiger partial charge in [-0.05, 0) is 49.8 Å². The Kier molecular flexibility index (Phi) is 8.85. The Morgan fingerprint density at radius 2 is 2.14 bits per heavy atom. The summed E-state index contributed by atoms with van der Waals surface area (Å²) in [6.07, 6.45) is 4.24. The monoisotopic (exact) mass is 500 g/mol. The molecule has 0 spiro atoms. The lowest BCUT2D eigenvalue weighted by atomic mass is 9.98. The largest absolute Gasteiger partial charge is 0.466 e. The molecule has 1 aromatic rings. The number of halogens is 1. The molecular formula is C21H33IN4O2. The molecule has 1 aromatic carbocycles. The summed E-state index contributed by atoms with van der Waals surface area (Å²) < 4.78 is 5.20. The van der Waals surface area contributed by atoms with Gasteiger partial charge < -0.3 is 19.9 Å². The van der Waals surface area contributed by atoms with Crippen LogP contribution in [-0.4, -0.2) is 57.2 Å². The minimum atomic E-state index is -0.0866. The maximum Gasteiger partial charge on any atom is 0.310 e. The predicted octanol–water partition coefficient (Wildman–Crippen LogP) is 3.04. The van der Waals surface area contributed by atoms with Gasteiger partial charge in [0.2, 0.25) is 0 Å². The van der Waals surface area contributed by atoms with Crippen molar-refractivity contribution in [2.24, 2.45) is 10.9 Å². The Morgan fingerprint density at radius 1 is 1.32 bits per heavy atom. The number of fused-ring (bicyclic) bond motifs is 1. The third kappa shape index (κ3) is 5.52. The van der Waals surface area contributed by atoms with Gasteiger partial charge in [-0.2, -0.15) is 0 Å². The number of guanidine groups is 1. The van der Waals surface area contributed by atoms with Crippen LogP contribution in [0.25, 0.3) is 0 Å². The number of hydrogen-bond acceptors (Lipinski definition) is 4. The first-order valence-electron chi connectivity index (χ1n) is 10.1. The van der Waals surface area contributed by atoms with Crippen LogP contribution in [0.2, 0.25) is 0 Å². The molecule has 2 heterocycles. The lowest BCUT2D eigenvalue weighted by Gasteiger charge is -2.34. The number of aryl methyl sites for hydroxylation is 1.